The first-order valence-corrected chi connectivity index (χ1v) is 6.07. The Bertz CT molecular complexity index is 502. The number of aromatic amines is 1. The molecule has 0 aliphatic rings. The Morgan fingerprint density at radius 3 is 2.76 bits per heavy atom. The average molecular weight is 232 g/mol. The minimum atomic E-state index is -0.462. The molecule has 1 aromatic heterocycles. The van der Waals surface area contributed by atoms with Crippen LogP contribution in [0, 0.1) is 0 Å². The smallest absolute Gasteiger partial charge is 0.0934 e. The highest BCUT2D eigenvalue weighted by Crippen LogP contribution is 2.27. The molecule has 1 heterocycles. The molecule has 1 unspecified atom stereocenters. The van der Waals surface area contributed by atoms with Gasteiger partial charge in [0.15, 0.2) is 0 Å². The number of benzene rings is 1. The SMILES string of the molecule is CNCC(O)c1c[nH]c2ccc(C(C)C)cc12. The topological polar surface area (TPSA) is 48.0 Å². The number of H-pyrrole nitrogens is 1. The molecular formula is C14H20N2O. The van der Waals surface area contributed by atoms with Gasteiger partial charge in [-0.1, -0.05) is 19.9 Å². The molecule has 0 saturated heterocycles. The van der Waals surface area contributed by atoms with E-state index < -0.39 is 6.10 Å². The Labute approximate surface area is 102 Å². The summed E-state index contributed by atoms with van der Waals surface area (Å²) in [6, 6.07) is 6.39. The summed E-state index contributed by atoms with van der Waals surface area (Å²) in [6.45, 7) is 4.92. The predicted molar refractivity (Wildman–Crippen MR) is 71.3 cm³/mol. The monoisotopic (exact) mass is 232 g/mol. The van der Waals surface area contributed by atoms with Crippen LogP contribution in [0.15, 0.2) is 24.4 Å². The standard InChI is InChI=1S/C14H20N2O/c1-9(2)10-4-5-13-11(6-10)12(7-16-13)14(17)8-15-3/h4-7,9,14-17H,8H2,1-3H3. The Morgan fingerprint density at radius 1 is 1.35 bits per heavy atom. The number of aliphatic hydroxyl groups excluding tert-OH is 1. The van der Waals surface area contributed by atoms with Crippen molar-refractivity contribution >= 4 is 10.9 Å². The second kappa shape index (κ2) is 4.90. The summed E-state index contributed by atoms with van der Waals surface area (Å²) in [4.78, 5) is 3.21. The Kier molecular flexibility index (Phi) is 3.50. The van der Waals surface area contributed by atoms with Gasteiger partial charge in [0, 0.05) is 29.2 Å². The van der Waals surface area contributed by atoms with Crippen LogP contribution >= 0.6 is 0 Å². The van der Waals surface area contributed by atoms with Crippen LogP contribution < -0.4 is 5.32 Å². The summed E-state index contributed by atoms with van der Waals surface area (Å²) in [5.74, 6) is 0.503. The van der Waals surface area contributed by atoms with Crippen LogP contribution in [0.3, 0.4) is 0 Å². The average Bonchev–Trinajstić information content (AvgIpc) is 2.71. The van der Waals surface area contributed by atoms with Crippen molar-refractivity contribution in [2.45, 2.75) is 25.9 Å². The van der Waals surface area contributed by atoms with Crippen LogP contribution in [0.5, 0.6) is 0 Å². The zero-order chi connectivity index (χ0) is 12.4. The van der Waals surface area contributed by atoms with Gasteiger partial charge in [-0.3, -0.25) is 0 Å². The largest absolute Gasteiger partial charge is 0.387 e. The molecule has 2 rings (SSSR count). The van der Waals surface area contributed by atoms with Gasteiger partial charge in [0.25, 0.3) is 0 Å². The summed E-state index contributed by atoms with van der Waals surface area (Å²) >= 11 is 0. The van der Waals surface area contributed by atoms with Crippen LogP contribution in [0.1, 0.15) is 37.0 Å². The number of likely N-dealkylation sites (N-methyl/N-ethyl adjacent to an activating group) is 1. The Hall–Kier alpha value is -1.32. The molecule has 0 saturated carbocycles. The lowest BCUT2D eigenvalue weighted by atomic mass is 9.99. The van der Waals surface area contributed by atoms with Gasteiger partial charge in [0.2, 0.25) is 0 Å². The maximum Gasteiger partial charge on any atom is 0.0934 e. The van der Waals surface area contributed by atoms with Gasteiger partial charge in [-0.25, -0.2) is 0 Å². The highest BCUT2D eigenvalue weighted by Gasteiger charge is 2.13. The van der Waals surface area contributed by atoms with Gasteiger partial charge < -0.3 is 15.4 Å². The summed E-state index contributed by atoms with van der Waals surface area (Å²) < 4.78 is 0. The summed E-state index contributed by atoms with van der Waals surface area (Å²) in [5, 5.41) is 14.2. The molecule has 92 valence electrons. The van der Waals surface area contributed by atoms with Crippen LogP contribution in [0.2, 0.25) is 0 Å². The van der Waals surface area contributed by atoms with E-state index in [1.165, 1.54) is 5.56 Å². The van der Waals surface area contributed by atoms with E-state index in [1.807, 2.05) is 13.2 Å². The maximum absolute atomic E-state index is 10.1. The van der Waals surface area contributed by atoms with E-state index in [9.17, 15) is 5.11 Å². The van der Waals surface area contributed by atoms with Crippen molar-refractivity contribution in [2.24, 2.45) is 0 Å². The van der Waals surface area contributed by atoms with Crippen molar-refractivity contribution in [3.05, 3.63) is 35.5 Å². The summed E-state index contributed by atoms with van der Waals surface area (Å²) in [7, 11) is 1.84. The van der Waals surface area contributed by atoms with E-state index in [0.29, 0.717) is 12.5 Å². The van der Waals surface area contributed by atoms with E-state index in [1.54, 1.807) is 0 Å². The van der Waals surface area contributed by atoms with Crippen molar-refractivity contribution in [3.63, 3.8) is 0 Å². The maximum atomic E-state index is 10.1. The molecule has 3 heteroatoms. The first-order valence-electron chi connectivity index (χ1n) is 6.07. The number of hydrogen-bond donors (Lipinski definition) is 3. The Morgan fingerprint density at radius 2 is 2.12 bits per heavy atom. The molecule has 0 aliphatic heterocycles. The normalized spacial score (nSPS) is 13.5. The third kappa shape index (κ3) is 2.35. The zero-order valence-corrected chi connectivity index (χ0v) is 10.6. The fourth-order valence-corrected chi connectivity index (χ4v) is 2.10. The van der Waals surface area contributed by atoms with Gasteiger partial charge in [0.1, 0.15) is 0 Å². The summed E-state index contributed by atoms with van der Waals surface area (Å²) in [5.41, 5.74) is 3.35. The fourth-order valence-electron chi connectivity index (χ4n) is 2.10. The number of nitrogens with one attached hydrogen (secondary N) is 2. The van der Waals surface area contributed by atoms with Crippen molar-refractivity contribution in [2.75, 3.05) is 13.6 Å². The van der Waals surface area contributed by atoms with E-state index in [0.717, 1.165) is 16.5 Å². The van der Waals surface area contributed by atoms with Crippen molar-refractivity contribution in [3.8, 4) is 0 Å². The second-order valence-electron chi connectivity index (χ2n) is 4.78. The molecule has 0 fully saturated rings. The molecular weight excluding hydrogens is 212 g/mol. The zero-order valence-electron chi connectivity index (χ0n) is 10.6. The van der Waals surface area contributed by atoms with Gasteiger partial charge >= 0.3 is 0 Å². The first-order chi connectivity index (χ1) is 8.13. The van der Waals surface area contributed by atoms with Crippen molar-refractivity contribution < 1.29 is 5.11 Å². The third-order valence-electron chi connectivity index (χ3n) is 3.16. The van der Waals surface area contributed by atoms with Crippen molar-refractivity contribution in [1.82, 2.24) is 10.3 Å². The molecule has 0 radical (unpaired) electrons. The van der Waals surface area contributed by atoms with E-state index in [2.05, 4.69) is 42.3 Å². The minimum absolute atomic E-state index is 0.462. The number of rotatable bonds is 4. The molecule has 2 aromatic rings. The lowest BCUT2D eigenvalue weighted by Gasteiger charge is -2.10. The fraction of sp³-hybridized carbons (Fsp3) is 0.429. The van der Waals surface area contributed by atoms with E-state index >= 15 is 0 Å². The minimum Gasteiger partial charge on any atom is -0.387 e. The Balaban J connectivity index is 2.46. The van der Waals surface area contributed by atoms with Crippen LogP contribution in [-0.4, -0.2) is 23.7 Å². The molecule has 3 N–H and O–H groups in total. The molecule has 0 amide bonds. The lowest BCUT2D eigenvalue weighted by molar-refractivity contribution is 0.179. The number of aliphatic hydroxyl groups is 1. The van der Waals surface area contributed by atoms with E-state index in [-0.39, 0.29) is 0 Å². The molecule has 1 aromatic carbocycles. The van der Waals surface area contributed by atoms with Gasteiger partial charge in [0.05, 0.1) is 6.10 Å². The number of hydrogen-bond acceptors (Lipinski definition) is 2. The highest BCUT2D eigenvalue weighted by atomic mass is 16.3. The van der Waals surface area contributed by atoms with Crippen LogP contribution in [0.25, 0.3) is 10.9 Å². The number of fused-ring (bicyclic) bond motifs is 1. The van der Waals surface area contributed by atoms with E-state index in [4.69, 9.17) is 0 Å². The highest BCUT2D eigenvalue weighted by molar-refractivity contribution is 5.84. The molecule has 0 bridgehead atoms. The van der Waals surface area contributed by atoms with Gasteiger partial charge in [-0.2, -0.15) is 0 Å². The molecule has 17 heavy (non-hydrogen) atoms. The molecule has 0 spiro atoms. The molecule has 3 nitrogen and oxygen atoms in total. The quantitative estimate of drug-likeness (QED) is 0.758. The lowest BCUT2D eigenvalue weighted by Crippen LogP contribution is -2.16. The summed E-state index contributed by atoms with van der Waals surface area (Å²) in [6.07, 6.45) is 1.44. The predicted octanol–water partition coefficient (Wildman–Crippen LogP) is 2.54. The van der Waals surface area contributed by atoms with Gasteiger partial charge in [-0.15, -0.1) is 0 Å². The third-order valence-corrected chi connectivity index (χ3v) is 3.16. The number of aromatic nitrogens is 1. The molecule has 1 atom stereocenters. The second-order valence-corrected chi connectivity index (χ2v) is 4.78. The first kappa shape index (κ1) is 12.1. The van der Waals surface area contributed by atoms with Crippen LogP contribution in [-0.2, 0) is 0 Å². The van der Waals surface area contributed by atoms with Crippen molar-refractivity contribution in [1.29, 1.82) is 0 Å². The van der Waals surface area contributed by atoms with Gasteiger partial charge in [-0.05, 0) is 30.7 Å². The van der Waals surface area contributed by atoms with Crippen LogP contribution in [0.4, 0.5) is 0 Å². The molecule has 0 aliphatic carbocycles.